The molecule has 1 aromatic carbocycles. The van der Waals surface area contributed by atoms with Gasteiger partial charge in [-0.25, -0.2) is 4.39 Å². The van der Waals surface area contributed by atoms with E-state index in [1.54, 1.807) is 12.1 Å². The van der Waals surface area contributed by atoms with Gasteiger partial charge in [0.05, 0.1) is 0 Å². The van der Waals surface area contributed by atoms with Gasteiger partial charge in [-0.15, -0.1) is 11.8 Å². The highest BCUT2D eigenvalue weighted by atomic mass is 32.2. The first-order valence-corrected chi connectivity index (χ1v) is 5.50. The van der Waals surface area contributed by atoms with Crippen molar-refractivity contribution in [3.63, 3.8) is 0 Å². The molecule has 0 aliphatic carbocycles. The fraction of sp³-hybridized carbons (Fsp3) is 0.200. The molecule has 0 spiro atoms. The van der Waals surface area contributed by atoms with Crippen molar-refractivity contribution < 1.29 is 4.39 Å². The third-order valence-electron chi connectivity index (χ3n) is 1.49. The van der Waals surface area contributed by atoms with Gasteiger partial charge in [-0.1, -0.05) is 24.3 Å². The molecule has 0 fully saturated rings. The van der Waals surface area contributed by atoms with E-state index in [0.29, 0.717) is 10.6 Å². The molecule has 0 saturated heterocycles. The Bertz CT molecular complexity index is 297. The van der Waals surface area contributed by atoms with Crippen LogP contribution >= 0.6 is 24.4 Å². The quantitative estimate of drug-likeness (QED) is 0.455. The zero-order chi connectivity index (χ0) is 9.68. The summed E-state index contributed by atoms with van der Waals surface area (Å²) in [4.78, 5) is 0.672. The minimum atomic E-state index is -0.167. The van der Waals surface area contributed by atoms with Crippen molar-refractivity contribution in [3.8, 4) is 0 Å². The van der Waals surface area contributed by atoms with Crippen molar-refractivity contribution in [2.75, 3.05) is 11.5 Å². The molecule has 0 nitrogen and oxygen atoms in total. The van der Waals surface area contributed by atoms with Crippen LogP contribution in [0, 0.1) is 5.82 Å². The van der Waals surface area contributed by atoms with Crippen molar-refractivity contribution in [1.29, 1.82) is 0 Å². The molecule has 0 saturated carbocycles. The van der Waals surface area contributed by atoms with E-state index in [4.69, 9.17) is 0 Å². The van der Waals surface area contributed by atoms with Crippen molar-refractivity contribution in [2.45, 2.75) is 4.90 Å². The summed E-state index contributed by atoms with van der Waals surface area (Å²) in [5.41, 5.74) is 1.01. The number of halogens is 1. The number of benzene rings is 1. The van der Waals surface area contributed by atoms with Crippen LogP contribution in [0.5, 0.6) is 0 Å². The molecule has 0 atom stereocenters. The van der Waals surface area contributed by atoms with Crippen molar-refractivity contribution >= 4 is 24.4 Å². The van der Waals surface area contributed by atoms with Gasteiger partial charge in [0.2, 0.25) is 0 Å². The topological polar surface area (TPSA) is 0 Å². The Morgan fingerprint density at radius 1 is 1.46 bits per heavy atom. The fourth-order valence-corrected chi connectivity index (χ4v) is 1.89. The molecule has 0 heterocycles. The Kier molecular flexibility index (Phi) is 4.39. The molecule has 13 heavy (non-hydrogen) atoms. The predicted octanol–water partition coefficient (Wildman–Crippen LogP) is 3.40. The summed E-state index contributed by atoms with van der Waals surface area (Å²) in [6, 6.07) is 6.75. The monoisotopic (exact) mass is 214 g/mol. The summed E-state index contributed by atoms with van der Waals surface area (Å²) in [5, 5.41) is 0. The van der Waals surface area contributed by atoms with Gasteiger partial charge < -0.3 is 0 Å². The molecular formula is C10H11FS2. The molecule has 0 unspecified atom stereocenters. The first kappa shape index (κ1) is 10.7. The highest BCUT2D eigenvalue weighted by molar-refractivity contribution is 7.99. The smallest absolute Gasteiger partial charge is 0.136 e. The third-order valence-corrected chi connectivity index (χ3v) is 3.13. The van der Waals surface area contributed by atoms with Crippen LogP contribution in [0.1, 0.15) is 0 Å². The van der Waals surface area contributed by atoms with Gasteiger partial charge in [0, 0.05) is 16.4 Å². The summed E-state index contributed by atoms with van der Waals surface area (Å²) in [7, 11) is 0. The zero-order valence-electron chi connectivity index (χ0n) is 7.16. The van der Waals surface area contributed by atoms with Gasteiger partial charge in [0.25, 0.3) is 0 Å². The normalized spacial score (nSPS) is 10.0. The lowest BCUT2D eigenvalue weighted by Crippen LogP contribution is -1.88. The lowest BCUT2D eigenvalue weighted by atomic mass is 10.3. The second-order valence-electron chi connectivity index (χ2n) is 2.63. The Morgan fingerprint density at radius 2 is 2.15 bits per heavy atom. The van der Waals surface area contributed by atoms with E-state index < -0.39 is 0 Å². The Morgan fingerprint density at radius 3 is 2.77 bits per heavy atom. The first-order chi connectivity index (χ1) is 6.24. The maximum absolute atomic E-state index is 13.1. The zero-order valence-corrected chi connectivity index (χ0v) is 8.88. The van der Waals surface area contributed by atoms with Crippen LogP contribution < -0.4 is 0 Å². The molecule has 1 aromatic rings. The van der Waals surface area contributed by atoms with E-state index in [-0.39, 0.29) is 5.82 Å². The van der Waals surface area contributed by atoms with Gasteiger partial charge in [-0.2, -0.15) is 12.6 Å². The minimum Gasteiger partial charge on any atom is -0.206 e. The molecule has 0 aliphatic heterocycles. The number of rotatable bonds is 4. The van der Waals surface area contributed by atoms with Crippen molar-refractivity contribution in [3.05, 3.63) is 42.2 Å². The molecule has 0 amide bonds. The molecule has 0 radical (unpaired) electrons. The van der Waals surface area contributed by atoms with E-state index >= 15 is 0 Å². The Hall–Kier alpha value is -0.410. The van der Waals surface area contributed by atoms with E-state index in [1.165, 1.54) is 17.8 Å². The second kappa shape index (κ2) is 5.35. The van der Waals surface area contributed by atoms with Crippen LogP contribution in [-0.4, -0.2) is 11.5 Å². The molecule has 0 aromatic heterocycles. The largest absolute Gasteiger partial charge is 0.206 e. The lowest BCUT2D eigenvalue weighted by molar-refractivity contribution is 0.602. The molecule has 0 aliphatic rings. The standard InChI is InChI=1S/C10H11FS2/c1-8(6-12)7-13-10-5-3-2-4-9(10)11/h2-5,12H,1,6-7H2. The van der Waals surface area contributed by atoms with Gasteiger partial charge in [-0.3, -0.25) is 0 Å². The number of hydrogen-bond donors (Lipinski definition) is 1. The van der Waals surface area contributed by atoms with E-state index in [2.05, 4.69) is 19.2 Å². The first-order valence-electron chi connectivity index (χ1n) is 3.89. The second-order valence-corrected chi connectivity index (χ2v) is 3.96. The van der Waals surface area contributed by atoms with Crippen LogP contribution in [0.2, 0.25) is 0 Å². The predicted molar refractivity (Wildman–Crippen MR) is 60.1 cm³/mol. The SMILES string of the molecule is C=C(CS)CSc1ccccc1F. The van der Waals surface area contributed by atoms with Crippen molar-refractivity contribution in [1.82, 2.24) is 0 Å². The summed E-state index contributed by atoms with van der Waals surface area (Å²) in [6.45, 7) is 3.80. The highest BCUT2D eigenvalue weighted by Crippen LogP contribution is 2.22. The Balaban J connectivity index is 2.54. The van der Waals surface area contributed by atoms with Crippen LogP contribution in [0.15, 0.2) is 41.3 Å². The summed E-state index contributed by atoms with van der Waals surface area (Å²) in [6.07, 6.45) is 0. The van der Waals surface area contributed by atoms with Crippen LogP contribution in [0.3, 0.4) is 0 Å². The number of hydrogen-bond acceptors (Lipinski definition) is 2. The van der Waals surface area contributed by atoms with Gasteiger partial charge in [0.15, 0.2) is 0 Å². The average Bonchev–Trinajstić information content (AvgIpc) is 2.16. The minimum absolute atomic E-state index is 0.167. The maximum atomic E-state index is 13.1. The average molecular weight is 214 g/mol. The number of thioether (sulfide) groups is 1. The Labute approximate surface area is 87.6 Å². The fourth-order valence-electron chi connectivity index (χ4n) is 0.787. The molecule has 70 valence electrons. The van der Waals surface area contributed by atoms with Gasteiger partial charge >= 0.3 is 0 Å². The van der Waals surface area contributed by atoms with Crippen molar-refractivity contribution in [2.24, 2.45) is 0 Å². The lowest BCUT2D eigenvalue weighted by Gasteiger charge is -2.02. The van der Waals surface area contributed by atoms with E-state index in [1.807, 2.05) is 6.07 Å². The number of thiol groups is 1. The molecule has 3 heteroatoms. The van der Waals surface area contributed by atoms with E-state index in [9.17, 15) is 4.39 Å². The van der Waals surface area contributed by atoms with Crippen LogP contribution in [0.4, 0.5) is 4.39 Å². The summed E-state index contributed by atoms with van der Waals surface area (Å²) >= 11 is 5.54. The molecular weight excluding hydrogens is 203 g/mol. The van der Waals surface area contributed by atoms with Crippen LogP contribution in [0.25, 0.3) is 0 Å². The van der Waals surface area contributed by atoms with Gasteiger partial charge in [-0.05, 0) is 12.1 Å². The molecule has 1 rings (SSSR count). The molecule has 0 bridgehead atoms. The molecule has 0 N–H and O–H groups in total. The van der Waals surface area contributed by atoms with E-state index in [0.717, 1.165) is 11.3 Å². The van der Waals surface area contributed by atoms with Crippen LogP contribution in [-0.2, 0) is 0 Å². The highest BCUT2D eigenvalue weighted by Gasteiger charge is 2.01. The van der Waals surface area contributed by atoms with Gasteiger partial charge in [0.1, 0.15) is 5.82 Å². The summed E-state index contributed by atoms with van der Waals surface area (Å²) < 4.78 is 13.1. The maximum Gasteiger partial charge on any atom is 0.136 e. The third kappa shape index (κ3) is 3.44. The summed E-state index contributed by atoms with van der Waals surface area (Å²) in [5.74, 6) is 1.21.